The van der Waals surface area contributed by atoms with Crippen LogP contribution in [0, 0.1) is 0 Å². The Labute approximate surface area is 112 Å². The molecule has 19 heavy (non-hydrogen) atoms. The van der Waals surface area contributed by atoms with E-state index in [9.17, 15) is 9.59 Å². The van der Waals surface area contributed by atoms with Crippen LogP contribution >= 0.6 is 11.3 Å². The zero-order chi connectivity index (χ0) is 13.7. The number of hydrogen-bond acceptors (Lipinski definition) is 5. The molecule has 0 spiro atoms. The first-order valence-electron chi connectivity index (χ1n) is 5.28. The van der Waals surface area contributed by atoms with Crippen molar-refractivity contribution in [2.45, 2.75) is 6.42 Å². The molecule has 98 valence electrons. The molecule has 0 aliphatic carbocycles. The topological polar surface area (TPSA) is 104 Å². The number of carboxylic acids is 1. The highest BCUT2D eigenvalue weighted by molar-refractivity contribution is 7.13. The van der Waals surface area contributed by atoms with E-state index < -0.39 is 12.0 Å². The number of carboxylic acid groups (broad SMARTS) is 1. The van der Waals surface area contributed by atoms with Crippen molar-refractivity contribution in [2.24, 2.45) is 0 Å². The Morgan fingerprint density at radius 1 is 1.32 bits per heavy atom. The number of carbonyl (C=O) groups excluding carboxylic acids is 1. The van der Waals surface area contributed by atoms with Gasteiger partial charge >= 0.3 is 12.0 Å². The highest BCUT2D eigenvalue weighted by Gasteiger charge is 2.06. The first kappa shape index (κ1) is 13.0. The number of aliphatic carboxylic acids is 1. The molecule has 0 radical (unpaired) electrons. The van der Waals surface area contributed by atoms with Crippen molar-refractivity contribution in [2.75, 3.05) is 10.6 Å². The van der Waals surface area contributed by atoms with Gasteiger partial charge in [-0.15, -0.1) is 10.2 Å². The van der Waals surface area contributed by atoms with Crippen LogP contribution in [0.15, 0.2) is 29.8 Å². The standard InChI is InChI=1S/C11H10N4O3S/c16-9(17)5-7-2-1-3-8(4-7)13-10(18)14-11-15-12-6-19-11/h1-4,6H,5H2,(H,16,17)(H2,13,14,15,18). The molecule has 0 saturated heterocycles. The van der Waals surface area contributed by atoms with E-state index in [1.807, 2.05) is 0 Å². The minimum Gasteiger partial charge on any atom is -0.481 e. The third kappa shape index (κ3) is 4.03. The van der Waals surface area contributed by atoms with E-state index in [1.165, 1.54) is 16.8 Å². The van der Waals surface area contributed by atoms with E-state index in [2.05, 4.69) is 20.8 Å². The first-order chi connectivity index (χ1) is 9.13. The Bertz CT molecular complexity index is 585. The summed E-state index contributed by atoms with van der Waals surface area (Å²) in [5.74, 6) is -0.921. The number of aromatic nitrogens is 2. The molecule has 8 heteroatoms. The largest absolute Gasteiger partial charge is 0.481 e. The Hall–Kier alpha value is -2.48. The smallest absolute Gasteiger partial charge is 0.325 e. The number of nitrogens with zero attached hydrogens (tertiary/aromatic N) is 2. The van der Waals surface area contributed by atoms with E-state index in [0.29, 0.717) is 16.4 Å². The van der Waals surface area contributed by atoms with Gasteiger partial charge in [-0.1, -0.05) is 23.5 Å². The number of benzene rings is 1. The van der Waals surface area contributed by atoms with Gasteiger partial charge in [0, 0.05) is 5.69 Å². The highest BCUT2D eigenvalue weighted by atomic mass is 32.1. The number of urea groups is 1. The molecular formula is C11H10N4O3S. The number of hydrogen-bond donors (Lipinski definition) is 3. The molecule has 1 heterocycles. The minimum absolute atomic E-state index is 0.0897. The van der Waals surface area contributed by atoms with E-state index in [-0.39, 0.29) is 6.42 Å². The van der Waals surface area contributed by atoms with Gasteiger partial charge in [0.2, 0.25) is 5.13 Å². The molecule has 0 aliphatic rings. The summed E-state index contributed by atoms with van der Waals surface area (Å²) in [5.41, 5.74) is 2.63. The van der Waals surface area contributed by atoms with Gasteiger partial charge in [0.1, 0.15) is 5.51 Å². The molecule has 1 aromatic carbocycles. The lowest BCUT2D eigenvalue weighted by Gasteiger charge is -2.06. The number of amides is 2. The predicted molar refractivity (Wildman–Crippen MR) is 70.3 cm³/mol. The van der Waals surface area contributed by atoms with Crippen LogP contribution in [0.3, 0.4) is 0 Å². The van der Waals surface area contributed by atoms with Crippen molar-refractivity contribution in [3.63, 3.8) is 0 Å². The summed E-state index contributed by atoms with van der Waals surface area (Å²) < 4.78 is 0. The summed E-state index contributed by atoms with van der Waals surface area (Å²) in [6.45, 7) is 0. The monoisotopic (exact) mass is 278 g/mol. The van der Waals surface area contributed by atoms with Gasteiger partial charge in [-0.25, -0.2) is 4.79 Å². The molecular weight excluding hydrogens is 268 g/mol. The van der Waals surface area contributed by atoms with Gasteiger partial charge < -0.3 is 10.4 Å². The van der Waals surface area contributed by atoms with Crippen LogP contribution in [-0.2, 0) is 11.2 Å². The van der Waals surface area contributed by atoms with Crippen LogP contribution in [-0.4, -0.2) is 27.3 Å². The molecule has 0 bridgehead atoms. The van der Waals surface area contributed by atoms with E-state index in [4.69, 9.17) is 5.11 Å². The molecule has 2 amide bonds. The number of anilines is 2. The second kappa shape index (κ2) is 5.91. The lowest BCUT2D eigenvalue weighted by molar-refractivity contribution is -0.136. The van der Waals surface area contributed by atoms with Crippen molar-refractivity contribution >= 4 is 34.2 Å². The van der Waals surface area contributed by atoms with Gasteiger partial charge in [-0.3, -0.25) is 10.1 Å². The Morgan fingerprint density at radius 3 is 2.84 bits per heavy atom. The van der Waals surface area contributed by atoms with E-state index >= 15 is 0 Å². The van der Waals surface area contributed by atoms with Crippen LogP contribution in [0.4, 0.5) is 15.6 Å². The second-order valence-electron chi connectivity index (χ2n) is 3.59. The quantitative estimate of drug-likeness (QED) is 0.791. The zero-order valence-electron chi connectivity index (χ0n) is 9.66. The highest BCUT2D eigenvalue weighted by Crippen LogP contribution is 2.13. The maximum Gasteiger partial charge on any atom is 0.325 e. The lowest BCUT2D eigenvalue weighted by Crippen LogP contribution is -2.19. The molecule has 2 rings (SSSR count). The zero-order valence-corrected chi connectivity index (χ0v) is 10.5. The molecule has 0 unspecified atom stereocenters. The third-order valence-corrected chi connectivity index (χ3v) is 2.73. The number of rotatable bonds is 4. The van der Waals surface area contributed by atoms with Gasteiger partial charge in [0.25, 0.3) is 0 Å². The summed E-state index contributed by atoms with van der Waals surface area (Å²) in [6.07, 6.45) is -0.0897. The minimum atomic E-state index is -0.921. The molecule has 0 atom stereocenters. The average molecular weight is 278 g/mol. The van der Waals surface area contributed by atoms with Crippen LogP contribution in [0.1, 0.15) is 5.56 Å². The molecule has 3 N–H and O–H groups in total. The maximum atomic E-state index is 11.6. The average Bonchev–Trinajstić information content (AvgIpc) is 2.81. The number of nitrogens with one attached hydrogen (secondary N) is 2. The van der Waals surface area contributed by atoms with Gasteiger partial charge in [-0.2, -0.15) is 0 Å². The van der Waals surface area contributed by atoms with E-state index in [1.54, 1.807) is 24.3 Å². The Morgan fingerprint density at radius 2 is 2.16 bits per heavy atom. The second-order valence-corrected chi connectivity index (χ2v) is 4.43. The van der Waals surface area contributed by atoms with Crippen LogP contribution in [0.2, 0.25) is 0 Å². The fourth-order valence-electron chi connectivity index (χ4n) is 1.42. The number of carbonyl (C=O) groups is 2. The lowest BCUT2D eigenvalue weighted by atomic mass is 10.1. The molecule has 0 aliphatic heterocycles. The van der Waals surface area contributed by atoms with Crippen LogP contribution < -0.4 is 10.6 Å². The van der Waals surface area contributed by atoms with Crippen molar-refractivity contribution in [1.82, 2.24) is 10.2 Å². The SMILES string of the molecule is O=C(O)Cc1cccc(NC(=O)Nc2nncs2)c1. The molecule has 1 aromatic heterocycles. The fourth-order valence-corrected chi connectivity index (χ4v) is 1.86. The van der Waals surface area contributed by atoms with Crippen LogP contribution in [0.5, 0.6) is 0 Å². The van der Waals surface area contributed by atoms with E-state index in [0.717, 1.165) is 0 Å². The van der Waals surface area contributed by atoms with Crippen LogP contribution in [0.25, 0.3) is 0 Å². The predicted octanol–water partition coefficient (Wildman–Crippen LogP) is 1.81. The third-order valence-electron chi connectivity index (χ3n) is 2.12. The van der Waals surface area contributed by atoms with Crippen molar-refractivity contribution in [3.05, 3.63) is 35.3 Å². The normalized spacial score (nSPS) is 9.89. The summed E-state index contributed by atoms with van der Waals surface area (Å²) in [5, 5.41) is 21.4. The molecule has 2 aromatic rings. The molecule has 0 fully saturated rings. The summed E-state index contributed by atoms with van der Waals surface area (Å²) >= 11 is 1.20. The van der Waals surface area contributed by atoms with Crippen molar-refractivity contribution < 1.29 is 14.7 Å². The Kier molecular flexibility index (Phi) is 4.04. The fraction of sp³-hybridized carbons (Fsp3) is 0.0909. The maximum absolute atomic E-state index is 11.6. The van der Waals surface area contributed by atoms with Crippen molar-refractivity contribution in [3.8, 4) is 0 Å². The Balaban J connectivity index is 1.98. The summed E-state index contributed by atoms with van der Waals surface area (Å²) in [7, 11) is 0. The van der Waals surface area contributed by atoms with Gasteiger partial charge in [0.15, 0.2) is 0 Å². The summed E-state index contributed by atoms with van der Waals surface area (Å²) in [4.78, 5) is 22.2. The van der Waals surface area contributed by atoms with Gasteiger partial charge in [0.05, 0.1) is 6.42 Å². The molecule has 0 saturated carbocycles. The van der Waals surface area contributed by atoms with Crippen molar-refractivity contribution in [1.29, 1.82) is 0 Å². The van der Waals surface area contributed by atoms with Gasteiger partial charge in [-0.05, 0) is 17.7 Å². The molecule has 7 nitrogen and oxygen atoms in total. The summed E-state index contributed by atoms with van der Waals surface area (Å²) in [6, 6.07) is 6.18. The first-order valence-corrected chi connectivity index (χ1v) is 6.16.